The molecule has 0 aliphatic carbocycles. The average molecular weight is 361 g/mol. The molecule has 0 saturated carbocycles. The van der Waals surface area contributed by atoms with Gasteiger partial charge in [0.05, 0.1) is 19.2 Å². The summed E-state index contributed by atoms with van der Waals surface area (Å²) in [7, 11) is 0. The van der Waals surface area contributed by atoms with Crippen molar-refractivity contribution < 1.29 is 14.6 Å². The van der Waals surface area contributed by atoms with Crippen LogP contribution in [0.1, 0.15) is 15.9 Å². The van der Waals surface area contributed by atoms with E-state index in [2.05, 4.69) is 29.6 Å². The number of carbonyl (C=O) groups excluding carboxylic acids is 1. The van der Waals surface area contributed by atoms with Crippen molar-refractivity contribution in [1.29, 1.82) is 0 Å². The molecule has 0 bridgehead atoms. The van der Waals surface area contributed by atoms with Crippen molar-refractivity contribution in [2.45, 2.75) is 6.54 Å². The number of rotatable bonds is 5. The Morgan fingerprint density at radius 3 is 2.63 bits per heavy atom. The van der Waals surface area contributed by atoms with Gasteiger partial charge in [0, 0.05) is 36.6 Å². The van der Waals surface area contributed by atoms with Crippen LogP contribution in [0, 0.1) is 0 Å². The number of anilines is 2. The fourth-order valence-corrected chi connectivity index (χ4v) is 3.53. The number of hydrogen-bond donors (Lipinski definition) is 1. The highest BCUT2D eigenvalue weighted by Crippen LogP contribution is 2.26. The molecule has 0 unspecified atom stereocenters. The summed E-state index contributed by atoms with van der Waals surface area (Å²) in [5.74, 6) is -1.16. The van der Waals surface area contributed by atoms with Crippen LogP contribution in [0.15, 0.2) is 60.7 Å². The minimum atomic E-state index is -1.16. The second-order valence-corrected chi connectivity index (χ2v) is 6.61. The maximum Gasteiger partial charge on any atom is 0.0736 e. The lowest BCUT2D eigenvalue weighted by molar-refractivity contribution is -0.254. The molecular formula is C22H21N2O3-. The van der Waals surface area contributed by atoms with Crippen molar-refractivity contribution in [3.63, 3.8) is 0 Å². The van der Waals surface area contributed by atoms with Crippen LogP contribution in [0.5, 0.6) is 0 Å². The summed E-state index contributed by atoms with van der Waals surface area (Å²) >= 11 is 0. The van der Waals surface area contributed by atoms with Gasteiger partial charge in [-0.1, -0.05) is 42.5 Å². The van der Waals surface area contributed by atoms with Gasteiger partial charge in [-0.05, 0) is 34.5 Å². The maximum atomic E-state index is 11.7. The molecule has 0 spiro atoms. The van der Waals surface area contributed by atoms with Gasteiger partial charge in [-0.3, -0.25) is 0 Å². The van der Waals surface area contributed by atoms with Gasteiger partial charge in [-0.15, -0.1) is 0 Å². The summed E-state index contributed by atoms with van der Waals surface area (Å²) in [6, 6.07) is 19.9. The molecule has 4 rings (SSSR count). The van der Waals surface area contributed by atoms with Gasteiger partial charge in [0.25, 0.3) is 0 Å². The molecule has 138 valence electrons. The summed E-state index contributed by atoms with van der Waals surface area (Å²) in [6.45, 7) is 3.19. The van der Waals surface area contributed by atoms with Gasteiger partial charge >= 0.3 is 0 Å². The van der Waals surface area contributed by atoms with Crippen molar-refractivity contribution in [3.8, 4) is 0 Å². The van der Waals surface area contributed by atoms with E-state index >= 15 is 0 Å². The third kappa shape index (κ3) is 3.73. The number of carboxylic acid groups (broad SMARTS) is 1. The molecule has 1 aliphatic rings. The molecule has 1 N–H and O–H groups in total. The quantitative estimate of drug-likeness (QED) is 0.757. The maximum absolute atomic E-state index is 11.7. The SMILES string of the molecule is O=C([O-])c1cc(NCc2cccc3ccccc23)ccc1N1CCOCC1. The topological polar surface area (TPSA) is 64.6 Å². The molecule has 0 radical (unpaired) electrons. The molecule has 5 heteroatoms. The van der Waals surface area contributed by atoms with E-state index in [-0.39, 0.29) is 5.56 Å². The first-order valence-corrected chi connectivity index (χ1v) is 9.11. The predicted molar refractivity (Wildman–Crippen MR) is 105 cm³/mol. The molecule has 0 aromatic heterocycles. The first-order chi connectivity index (χ1) is 13.2. The lowest BCUT2D eigenvalue weighted by Crippen LogP contribution is -2.38. The van der Waals surface area contributed by atoms with Crippen molar-refractivity contribution >= 4 is 28.1 Å². The number of hydrogen-bond acceptors (Lipinski definition) is 5. The van der Waals surface area contributed by atoms with E-state index in [1.807, 2.05) is 35.2 Å². The predicted octanol–water partition coefficient (Wildman–Crippen LogP) is 2.65. The van der Waals surface area contributed by atoms with Crippen LogP contribution in [0.4, 0.5) is 11.4 Å². The van der Waals surface area contributed by atoms with Crippen LogP contribution >= 0.6 is 0 Å². The number of fused-ring (bicyclic) bond motifs is 1. The van der Waals surface area contributed by atoms with E-state index < -0.39 is 5.97 Å². The number of ether oxygens (including phenoxy) is 1. The normalized spacial score (nSPS) is 14.3. The molecule has 1 aliphatic heterocycles. The Hall–Kier alpha value is -3.05. The molecular weight excluding hydrogens is 340 g/mol. The van der Waals surface area contributed by atoms with Crippen LogP contribution in [-0.2, 0) is 11.3 Å². The van der Waals surface area contributed by atoms with E-state index in [0.717, 1.165) is 5.69 Å². The van der Waals surface area contributed by atoms with Gasteiger partial charge in [0.15, 0.2) is 0 Å². The van der Waals surface area contributed by atoms with Gasteiger partial charge in [-0.2, -0.15) is 0 Å². The highest BCUT2D eigenvalue weighted by molar-refractivity contribution is 5.94. The van der Waals surface area contributed by atoms with Crippen LogP contribution < -0.4 is 15.3 Å². The fraction of sp³-hybridized carbons (Fsp3) is 0.227. The molecule has 27 heavy (non-hydrogen) atoms. The van der Waals surface area contributed by atoms with E-state index in [9.17, 15) is 9.90 Å². The fourth-order valence-electron chi connectivity index (χ4n) is 3.53. The summed E-state index contributed by atoms with van der Waals surface area (Å²) in [5, 5.41) is 17.4. The molecule has 1 saturated heterocycles. The lowest BCUT2D eigenvalue weighted by Gasteiger charge is -2.31. The van der Waals surface area contributed by atoms with Crippen LogP contribution in [0.3, 0.4) is 0 Å². The van der Waals surface area contributed by atoms with Gasteiger partial charge < -0.3 is 24.9 Å². The first kappa shape index (κ1) is 17.4. The average Bonchev–Trinajstić information content (AvgIpc) is 2.72. The number of benzene rings is 3. The Bertz CT molecular complexity index is 959. The van der Waals surface area contributed by atoms with Gasteiger partial charge in [0.2, 0.25) is 0 Å². The summed E-state index contributed by atoms with van der Waals surface area (Å²) < 4.78 is 5.35. The minimum absolute atomic E-state index is 0.208. The Morgan fingerprint density at radius 2 is 1.81 bits per heavy atom. The number of nitrogens with one attached hydrogen (secondary N) is 1. The van der Waals surface area contributed by atoms with Crippen LogP contribution in [-0.4, -0.2) is 32.3 Å². The molecule has 3 aromatic rings. The Morgan fingerprint density at radius 1 is 1.04 bits per heavy atom. The third-order valence-electron chi connectivity index (χ3n) is 4.93. The Balaban J connectivity index is 1.57. The van der Waals surface area contributed by atoms with Crippen molar-refractivity contribution in [3.05, 3.63) is 71.8 Å². The molecule has 1 fully saturated rings. The number of carboxylic acids is 1. The van der Waals surface area contributed by atoms with Gasteiger partial charge in [-0.25, -0.2) is 0 Å². The minimum Gasteiger partial charge on any atom is -0.545 e. The molecule has 5 nitrogen and oxygen atoms in total. The number of nitrogens with zero attached hydrogens (tertiary/aromatic N) is 1. The van der Waals surface area contributed by atoms with Crippen molar-refractivity contribution in [2.75, 3.05) is 36.5 Å². The highest BCUT2D eigenvalue weighted by atomic mass is 16.5. The highest BCUT2D eigenvalue weighted by Gasteiger charge is 2.16. The summed E-state index contributed by atoms with van der Waals surface area (Å²) in [6.07, 6.45) is 0. The van der Waals surface area contributed by atoms with Crippen LogP contribution in [0.2, 0.25) is 0 Å². The van der Waals surface area contributed by atoms with E-state index in [1.165, 1.54) is 16.3 Å². The van der Waals surface area contributed by atoms with E-state index in [4.69, 9.17) is 4.74 Å². The Labute approximate surface area is 158 Å². The van der Waals surface area contributed by atoms with E-state index in [0.29, 0.717) is 38.5 Å². The second kappa shape index (κ2) is 7.68. The van der Waals surface area contributed by atoms with Crippen molar-refractivity contribution in [1.82, 2.24) is 0 Å². The van der Waals surface area contributed by atoms with Crippen molar-refractivity contribution in [2.24, 2.45) is 0 Å². The summed E-state index contributed by atoms with van der Waals surface area (Å²) in [4.78, 5) is 13.7. The number of carbonyl (C=O) groups is 1. The molecule has 1 heterocycles. The third-order valence-corrected chi connectivity index (χ3v) is 4.93. The molecule has 0 atom stereocenters. The lowest BCUT2D eigenvalue weighted by atomic mass is 10.0. The van der Waals surface area contributed by atoms with E-state index in [1.54, 1.807) is 6.07 Å². The largest absolute Gasteiger partial charge is 0.545 e. The second-order valence-electron chi connectivity index (χ2n) is 6.61. The molecule has 0 amide bonds. The smallest absolute Gasteiger partial charge is 0.0736 e. The zero-order valence-electron chi connectivity index (χ0n) is 15.0. The zero-order chi connectivity index (χ0) is 18.6. The molecule has 3 aromatic carbocycles. The number of aromatic carboxylic acids is 1. The summed E-state index contributed by atoms with van der Waals surface area (Å²) in [5.41, 5.74) is 2.83. The number of morpholine rings is 1. The first-order valence-electron chi connectivity index (χ1n) is 9.11. The standard InChI is InChI=1S/C22H22N2O3/c25-22(26)20-14-18(8-9-21(20)24-10-12-27-13-11-24)23-15-17-6-3-5-16-4-1-2-7-19(16)17/h1-9,14,23H,10-13,15H2,(H,25,26)/p-1. The van der Waals surface area contributed by atoms with Gasteiger partial charge in [0.1, 0.15) is 0 Å². The van der Waals surface area contributed by atoms with Crippen LogP contribution in [0.25, 0.3) is 10.8 Å². The monoisotopic (exact) mass is 361 g/mol. The zero-order valence-corrected chi connectivity index (χ0v) is 15.0. The Kier molecular flexibility index (Phi) is 4.94.